The van der Waals surface area contributed by atoms with Crippen LogP contribution in [0.2, 0.25) is 0 Å². The number of amides is 1. The first-order valence-electron chi connectivity index (χ1n) is 7.11. The molecule has 1 amide bonds. The van der Waals surface area contributed by atoms with E-state index in [9.17, 15) is 4.79 Å². The van der Waals surface area contributed by atoms with Crippen molar-refractivity contribution in [3.8, 4) is 0 Å². The highest BCUT2D eigenvalue weighted by molar-refractivity contribution is 6.14. The molecule has 1 N–H and O–H groups in total. The molecule has 5 nitrogen and oxygen atoms in total. The first kappa shape index (κ1) is 18.4. The minimum Gasteiger partial charge on any atom is -0.465 e. The summed E-state index contributed by atoms with van der Waals surface area (Å²) in [7, 11) is 2.55. The third-order valence-electron chi connectivity index (χ3n) is 3.49. The van der Waals surface area contributed by atoms with Crippen LogP contribution in [-0.4, -0.2) is 58.1 Å². The lowest BCUT2D eigenvalue weighted by Crippen LogP contribution is -2.39. The summed E-state index contributed by atoms with van der Waals surface area (Å²) < 4.78 is 11.3. The van der Waals surface area contributed by atoms with E-state index >= 15 is 0 Å². The van der Waals surface area contributed by atoms with E-state index in [2.05, 4.69) is 6.92 Å². The van der Waals surface area contributed by atoms with Crippen molar-refractivity contribution >= 4 is 16.3 Å². The molecule has 0 saturated carbocycles. The van der Waals surface area contributed by atoms with Crippen LogP contribution in [0.3, 0.4) is 0 Å². The normalized spacial score (nSPS) is 16.0. The van der Waals surface area contributed by atoms with Gasteiger partial charge in [0.05, 0.1) is 0 Å². The van der Waals surface area contributed by atoms with Crippen LogP contribution in [0.25, 0.3) is 0 Å². The van der Waals surface area contributed by atoms with Gasteiger partial charge in [-0.1, -0.05) is 6.92 Å². The summed E-state index contributed by atoms with van der Waals surface area (Å²) >= 11 is 0. The van der Waals surface area contributed by atoms with Crippen LogP contribution in [-0.2, 0) is 9.47 Å². The SMILES string of the molecule is CCOC(CCCC([SiH3])(CC)OCC)N(C)C(=O)O. The molecular formula is C13H29NO4Si. The van der Waals surface area contributed by atoms with Gasteiger partial charge in [-0.2, -0.15) is 0 Å². The van der Waals surface area contributed by atoms with Crippen LogP contribution in [0.4, 0.5) is 4.79 Å². The third kappa shape index (κ3) is 6.94. The van der Waals surface area contributed by atoms with Crippen molar-refractivity contribution in [2.45, 2.75) is 57.9 Å². The van der Waals surface area contributed by atoms with Gasteiger partial charge in [-0.15, -0.1) is 0 Å². The predicted octanol–water partition coefficient (Wildman–Crippen LogP) is 1.64. The largest absolute Gasteiger partial charge is 0.465 e. The molecule has 0 aromatic rings. The summed E-state index contributed by atoms with van der Waals surface area (Å²) in [6.45, 7) is 7.30. The van der Waals surface area contributed by atoms with Crippen LogP contribution < -0.4 is 0 Å². The molecule has 0 aromatic heterocycles. The molecule has 19 heavy (non-hydrogen) atoms. The molecule has 0 spiro atoms. The molecule has 0 rings (SSSR count). The van der Waals surface area contributed by atoms with Gasteiger partial charge in [0.15, 0.2) is 0 Å². The molecule has 2 atom stereocenters. The molecule has 0 aromatic carbocycles. The highest BCUT2D eigenvalue weighted by Gasteiger charge is 2.24. The van der Waals surface area contributed by atoms with Gasteiger partial charge in [-0.05, 0) is 39.5 Å². The lowest BCUT2D eigenvalue weighted by Gasteiger charge is -2.30. The molecule has 0 radical (unpaired) electrons. The summed E-state index contributed by atoms with van der Waals surface area (Å²) in [6.07, 6.45) is 2.32. The Morgan fingerprint density at radius 1 is 1.37 bits per heavy atom. The minimum absolute atomic E-state index is 0.0211. The van der Waals surface area contributed by atoms with Gasteiger partial charge in [-0.3, -0.25) is 4.90 Å². The van der Waals surface area contributed by atoms with E-state index < -0.39 is 6.09 Å². The number of rotatable bonds is 10. The van der Waals surface area contributed by atoms with Crippen LogP contribution in [0.5, 0.6) is 0 Å². The molecular weight excluding hydrogens is 262 g/mol. The number of ether oxygens (including phenoxy) is 2. The Balaban J connectivity index is 4.28. The second-order valence-corrected chi connectivity index (χ2v) is 6.75. The Bertz CT molecular complexity index is 265. The standard InChI is InChI=1S/C13H29NO4Si/c1-5-13(19,18-7-3)10-8-9-11(17-6-2)14(4)12(15)16/h11H,5-10H2,1-4,19H3,(H,15,16). The number of hydrogen-bond donors (Lipinski definition) is 1. The zero-order chi connectivity index (χ0) is 14.9. The third-order valence-corrected chi connectivity index (χ3v) is 4.99. The molecule has 6 heteroatoms. The van der Waals surface area contributed by atoms with Gasteiger partial charge < -0.3 is 14.6 Å². The maximum Gasteiger partial charge on any atom is 0.409 e. The van der Waals surface area contributed by atoms with Crippen LogP contribution in [0.15, 0.2) is 0 Å². The summed E-state index contributed by atoms with van der Waals surface area (Å²) in [5.74, 6) is 0. The first-order chi connectivity index (χ1) is 8.90. The fraction of sp³-hybridized carbons (Fsp3) is 0.923. The molecule has 0 fully saturated rings. The average molecular weight is 291 g/mol. The van der Waals surface area contributed by atoms with Gasteiger partial charge >= 0.3 is 6.09 Å². The van der Waals surface area contributed by atoms with E-state index in [4.69, 9.17) is 14.6 Å². The Labute approximate surface area is 119 Å². The zero-order valence-corrected chi connectivity index (χ0v) is 14.9. The van der Waals surface area contributed by atoms with Crippen molar-refractivity contribution in [2.75, 3.05) is 20.3 Å². The number of carbonyl (C=O) groups is 1. The molecule has 0 saturated heterocycles. The van der Waals surface area contributed by atoms with Crippen molar-refractivity contribution < 1.29 is 19.4 Å². The van der Waals surface area contributed by atoms with Crippen molar-refractivity contribution in [2.24, 2.45) is 0 Å². The predicted molar refractivity (Wildman–Crippen MR) is 79.6 cm³/mol. The van der Waals surface area contributed by atoms with Gasteiger partial charge in [-0.25, -0.2) is 4.79 Å². The fourth-order valence-electron chi connectivity index (χ4n) is 2.05. The van der Waals surface area contributed by atoms with E-state index in [0.29, 0.717) is 13.0 Å². The maximum absolute atomic E-state index is 11.0. The summed E-state index contributed by atoms with van der Waals surface area (Å²) in [5, 5.41) is 9.02. The fourth-order valence-corrected chi connectivity index (χ4v) is 2.70. The minimum atomic E-state index is -0.948. The van der Waals surface area contributed by atoms with Crippen LogP contribution in [0.1, 0.15) is 46.5 Å². The summed E-state index contributed by atoms with van der Waals surface area (Å²) in [4.78, 5) is 12.2. The Morgan fingerprint density at radius 3 is 2.42 bits per heavy atom. The lowest BCUT2D eigenvalue weighted by molar-refractivity contribution is -0.0423. The monoisotopic (exact) mass is 291 g/mol. The maximum atomic E-state index is 11.0. The highest BCUT2D eigenvalue weighted by atomic mass is 28.1. The average Bonchev–Trinajstić information content (AvgIpc) is 2.37. The van der Waals surface area contributed by atoms with Gasteiger partial charge in [0.2, 0.25) is 0 Å². The van der Waals surface area contributed by atoms with E-state index in [1.54, 1.807) is 7.05 Å². The smallest absolute Gasteiger partial charge is 0.409 e. The van der Waals surface area contributed by atoms with Crippen molar-refractivity contribution in [3.63, 3.8) is 0 Å². The number of nitrogens with zero attached hydrogens (tertiary/aromatic N) is 1. The van der Waals surface area contributed by atoms with Crippen LogP contribution in [0, 0.1) is 0 Å². The van der Waals surface area contributed by atoms with Crippen molar-refractivity contribution in [3.05, 3.63) is 0 Å². The Hall–Kier alpha value is -0.593. The quantitative estimate of drug-likeness (QED) is 0.491. The molecule has 0 aliphatic heterocycles. The van der Waals surface area contributed by atoms with E-state index in [1.807, 2.05) is 13.8 Å². The topological polar surface area (TPSA) is 59.0 Å². The van der Waals surface area contributed by atoms with Crippen molar-refractivity contribution in [1.82, 2.24) is 4.90 Å². The second-order valence-electron chi connectivity index (χ2n) is 4.93. The molecule has 0 aliphatic rings. The van der Waals surface area contributed by atoms with Gasteiger partial charge in [0.1, 0.15) is 6.23 Å². The van der Waals surface area contributed by atoms with E-state index in [0.717, 1.165) is 36.1 Å². The summed E-state index contributed by atoms with van der Waals surface area (Å²) in [5.41, 5.74) is 0. The molecule has 114 valence electrons. The Morgan fingerprint density at radius 2 is 2.00 bits per heavy atom. The molecule has 0 aliphatic carbocycles. The van der Waals surface area contributed by atoms with Gasteiger partial charge in [0, 0.05) is 35.7 Å². The number of carboxylic acid groups (broad SMARTS) is 1. The lowest BCUT2D eigenvalue weighted by atomic mass is 10.1. The molecule has 0 bridgehead atoms. The zero-order valence-electron chi connectivity index (χ0n) is 12.9. The number of hydrogen-bond acceptors (Lipinski definition) is 3. The highest BCUT2D eigenvalue weighted by Crippen LogP contribution is 2.21. The first-order valence-corrected chi connectivity index (χ1v) is 8.11. The molecule has 2 unspecified atom stereocenters. The van der Waals surface area contributed by atoms with E-state index in [-0.39, 0.29) is 11.5 Å². The second kappa shape index (κ2) is 9.33. The van der Waals surface area contributed by atoms with Gasteiger partial charge in [0.25, 0.3) is 0 Å². The van der Waals surface area contributed by atoms with Crippen molar-refractivity contribution in [1.29, 1.82) is 0 Å². The summed E-state index contributed by atoms with van der Waals surface area (Å²) in [6, 6.07) is 0. The Kier molecular flexibility index (Phi) is 9.04. The van der Waals surface area contributed by atoms with Crippen LogP contribution >= 0.6 is 0 Å². The van der Waals surface area contributed by atoms with E-state index in [1.165, 1.54) is 4.90 Å². The molecule has 0 heterocycles.